The molecule has 0 saturated heterocycles. The van der Waals surface area contributed by atoms with Crippen LogP contribution in [0.5, 0.6) is 0 Å². The Labute approximate surface area is 82.5 Å². The second-order valence-corrected chi connectivity index (χ2v) is 7.30. The summed E-state index contributed by atoms with van der Waals surface area (Å²) in [4.78, 5) is 0. The summed E-state index contributed by atoms with van der Waals surface area (Å²) in [6, 6.07) is 0. The lowest BCUT2D eigenvalue weighted by Gasteiger charge is -2.20. The predicted octanol–water partition coefficient (Wildman–Crippen LogP) is 3.57. The van der Waals surface area contributed by atoms with Crippen LogP contribution >= 0.6 is 0 Å². The third-order valence-electron chi connectivity index (χ3n) is 1.16. The van der Waals surface area contributed by atoms with Crippen molar-refractivity contribution in [3.63, 3.8) is 0 Å². The van der Waals surface area contributed by atoms with Crippen LogP contribution in [0.2, 0.25) is 13.1 Å². The minimum atomic E-state index is -1.98. The molecule has 0 rings (SSSR count). The Hall–Kier alpha value is -0.703. The van der Waals surface area contributed by atoms with Gasteiger partial charge in [0.2, 0.25) is 0 Å². The molecule has 0 amide bonds. The van der Waals surface area contributed by atoms with Crippen molar-refractivity contribution in [1.82, 2.24) is 0 Å². The van der Waals surface area contributed by atoms with E-state index in [1.165, 1.54) is 0 Å². The van der Waals surface area contributed by atoms with Gasteiger partial charge in [0.05, 0.1) is 12.5 Å². The zero-order valence-electron chi connectivity index (χ0n) is 9.47. The van der Waals surface area contributed by atoms with Crippen molar-refractivity contribution >= 4 is 8.56 Å². The molecule has 3 heteroatoms. The minimum Gasteiger partial charge on any atom is -0.519 e. The maximum atomic E-state index is 5.55. The quantitative estimate of drug-likeness (QED) is 0.510. The van der Waals surface area contributed by atoms with Crippen LogP contribution in [0.4, 0.5) is 0 Å². The zero-order chi connectivity index (χ0) is 10.5. The number of rotatable bonds is 4. The fraction of sp³-hybridized carbons (Fsp3) is 0.600. The molecule has 13 heavy (non-hydrogen) atoms. The standard InChI is InChI=1S/C10H20O2Si/c1-9(2)7-11-13(5,6)12-8-10(3)4/h7-8H,1-6H3. The van der Waals surface area contributed by atoms with Crippen LogP contribution in [-0.4, -0.2) is 8.56 Å². The van der Waals surface area contributed by atoms with Gasteiger partial charge in [0.15, 0.2) is 0 Å². The van der Waals surface area contributed by atoms with Gasteiger partial charge in [-0.05, 0) is 38.8 Å². The minimum absolute atomic E-state index is 1.15. The Morgan fingerprint density at radius 3 is 1.38 bits per heavy atom. The summed E-state index contributed by atoms with van der Waals surface area (Å²) in [6.07, 6.45) is 3.54. The van der Waals surface area contributed by atoms with Gasteiger partial charge in [0.25, 0.3) is 0 Å². The molecule has 0 saturated carbocycles. The number of hydrogen-bond acceptors (Lipinski definition) is 2. The van der Waals surface area contributed by atoms with Crippen LogP contribution < -0.4 is 0 Å². The summed E-state index contributed by atoms with van der Waals surface area (Å²) < 4.78 is 11.1. The van der Waals surface area contributed by atoms with Crippen molar-refractivity contribution in [1.29, 1.82) is 0 Å². The second-order valence-electron chi connectivity index (χ2n) is 4.03. The molecule has 0 aromatic heterocycles. The first-order valence-corrected chi connectivity index (χ1v) is 7.27. The molecule has 0 aromatic rings. The topological polar surface area (TPSA) is 18.5 Å². The molecule has 0 atom stereocenters. The van der Waals surface area contributed by atoms with Crippen LogP contribution in [-0.2, 0) is 8.85 Å². The molecule has 0 aliphatic rings. The van der Waals surface area contributed by atoms with Gasteiger partial charge in [0, 0.05) is 13.1 Å². The van der Waals surface area contributed by atoms with E-state index in [4.69, 9.17) is 8.85 Å². The molecule has 0 radical (unpaired) electrons. The fourth-order valence-corrected chi connectivity index (χ4v) is 1.64. The van der Waals surface area contributed by atoms with Crippen molar-refractivity contribution in [2.24, 2.45) is 0 Å². The Bertz CT molecular complexity index is 187. The summed E-state index contributed by atoms with van der Waals surface area (Å²) in [7, 11) is -1.98. The van der Waals surface area contributed by atoms with Crippen molar-refractivity contribution in [2.45, 2.75) is 40.8 Å². The largest absolute Gasteiger partial charge is 0.519 e. The third kappa shape index (κ3) is 7.65. The first-order valence-electron chi connectivity index (χ1n) is 4.46. The van der Waals surface area contributed by atoms with E-state index in [-0.39, 0.29) is 0 Å². The molecule has 0 bridgehead atoms. The van der Waals surface area contributed by atoms with E-state index >= 15 is 0 Å². The van der Waals surface area contributed by atoms with Crippen LogP contribution in [0.25, 0.3) is 0 Å². The maximum absolute atomic E-state index is 5.55. The molecule has 76 valence electrons. The molecular weight excluding hydrogens is 180 g/mol. The molecule has 0 heterocycles. The molecule has 0 spiro atoms. The van der Waals surface area contributed by atoms with E-state index in [0.717, 1.165) is 11.1 Å². The van der Waals surface area contributed by atoms with Crippen molar-refractivity contribution < 1.29 is 8.85 Å². The number of allylic oxidation sites excluding steroid dienone is 2. The lowest BCUT2D eigenvalue weighted by atomic mass is 10.4. The van der Waals surface area contributed by atoms with Crippen molar-refractivity contribution in [3.05, 3.63) is 23.7 Å². The van der Waals surface area contributed by atoms with Gasteiger partial charge in [-0.15, -0.1) is 0 Å². The number of hydrogen-bond donors (Lipinski definition) is 0. The average Bonchev–Trinajstić information content (AvgIpc) is 1.98. The summed E-state index contributed by atoms with van der Waals surface area (Å²) in [5.74, 6) is 0. The lowest BCUT2D eigenvalue weighted by molar-refractivity contribution is 0.316. The molecule has 2 nitrogen and oxygen atoms in total. The zero-order valence-corrected chi connectivity index (χ0v) is 10.5. The SMILES string of the molecule is CC(C)=CO[Si](C)(C)OC=C(C)C. The van der Waals surface area contributed by atoms with Gasteiger partial charge < -0.3 is 8.85 Å². The Balaban J connectivity index is 4.09. The van der Waals surface area contributed by atoms with Crippen LogP contribution in [0.3, 0.4) is 0 Å². The van der Waals surface area contributed by atoms with Crippen LogP contribution in [0.1, 0.15) is 27.7 Å². The van der Waals surface area contributed by atoms with Gasteiger partial charge in [-0.25, -0.2) is 0 Å². The monoisotopic (exact) mass is 200 g/mol. The maximum Gasteiger partial charge on any atom is 0.453 e. The highest BCUT2D eigenvalue weighted by Gasteiger charge is 2.25. The molecule has 0 N–H and O–H groups in total. The summed E-state index contributed by atoms with van der Waals surface area (Å²) in [5, 5.41) is 0. The van der Waals surface area contributed by atoms with E-state index in [1.54, 1.807) is 12.5 Å². The predicted molar refractivity (Wildman–Crippen MR) is 58.5 cm³/mol. The highest BCUT2D eigenvalue weighted by atomic mass is 28.4. The Morgan fingerprint density at radius 1 is 0.846 bits per heavy atom. The van der Waals surface area contributed by atoms with Gasteiger partial charge in [-0.2, -0.15) is 0 Å². The molecule has 0 aliphatic carbocycles. The van der Waals surface area contributed by atoms with E-state index < -0.39 is 8.56 Å². The normalized spacial score (nSPS) is 10.3. The first-order chi connectivity index (χ1) is 5.83. The summed E-state index contributed by atoms with van der Waals surface area (Å²) >= 11 is 0. The van der Waals surface area contributed by atoms with E-state index in [9.17, 15) is 0 Å². The average molecular weight is 200 g/mol. The van der Waals surface area contributed by atoms with Gasteiger partial charge >= 0.3 is 8.56 Å². The molecule has 0 aliphatic heterocycles. The highest BCUT2D eigenvalue weighted by Crippen LogP contribution is 2.09. The molecular formula is C10H20O2Si. The molecule has 0 unspecified atom stereocenters. The van der Waals surface area contributed by atoms with Crippen molar-refractivity contribution in [3.8, 4) is 0 Å². The Kier molecular flexibility index (Phi) is 4.84. The summed E-state index contributed by atoms with van der Waals surface area (Å²) in [5.41, 5.74) is 2.31. The van der Waals surface area contributed by atoms with E-state index in [2.05, 4.69) is 0 Å². The van der Waals surface area contributed by atoms with Gasteiger partial charge in [-0.3, -0.25) is 0 Å². The molecule has 0 fully saturated rings. The Morgan fingerprint density at radius 2 is 1.15 bits per heavy atom. The van der Waals surface area contributed by atoms with E-state index in [1.807, 2.05) is 40.8 Å². The van der Waals surface area contributed by atoms with Crippen molar-refractivity contribution in [2.75, 3.05) is 0 Å². The van der Waals surface area contributed by atoms with Crippen LogP contribution in [0, 0.1) is 0 Å². The van der Waals surface area contributed by atoms with Crippen LogP contribution in [0.15, 0.2) is 23.7 Å². The molecule has 0 aromatic carbocycles. The first kappa shape index (κ1) is 12.3. The second kappa shape index (κ2) is 5.12. The van der Waals surface area contributed by atoms with Gasteiger partial charge in [0.1, 0.15) is 0 Å². The smallest absolute Gasteiger partial charge is 0.453 e. The highest BCUT2D eigenvalue weighted by molar-refractivity contribution is 6.64. The summed E-state index contributed by atoms with van der Waals surface area (Å²) in [6.45, 7) is 12.1. The van der Waals surface area contributed by atoms with Gasteiger partial charge in [-0.1, -0.05) is 0 Å². The lowest BCUT2D eigenvalue weighted by Crippen LogP contribution is -2.30. The third-order valence-corrected chi connectivity index (χ3v) is 2.53. The fourth-order valence-electron chi connectivity index (χ4n) is 0.547. The van der Waals surface area contributed by atoms with E-state index in [0.29, 0.717) is 0 Å².